The third-order valence-corrected chi connectivity index (χ3v) is 7.71. The minimum absolute atomic E-state index is 0.0499. The van der Waals surface area contributed by atoms with E-state index < -0.39 is 53.0 Å². The van der Waals surface area contributed by atoms with Crippen LogP contribution in [0.2, 0.25) is 0 Å². The molecule has 0 saturated carbocycles. The molecule has 0 aliphatic carbocycles. The van der Waals surface area contributed by atoms with Crippen molar-refractivity contribution in [2.75, 3.05) is 26.7 Å². The lowest BCUT2D eigenvalue weighted by Crippen LogP contribution is -2.64. The van der Waals surface area contributed by atoms with Gasteiger partial charge in [-0.25, -0.2) is 4.39 Å². The lowest BCUT2D eigenvalue weighted by molar-refractivity contribution is -0.894. The van der Waals surface area contributed by atoms with Crippen LogP contribution in [0.25, 0.3) is 0 Å². The second-order valence-corrected chi connectivity index (χ2v) is 10.2. The van der Waals surface area contributed by atoms with Crippen molar-refractivity contribution in [1.82, 2.24) is 4.90 Å². The van der Waals surface area contributed by atoms with Gasteiger partial charge in [0.25, 0.3) is 0 Å². The average Bonchev–Trinajstić information content (AvgIpc) is 3.22. The van der Waals surface area contributed by atoms with Crippen LogP contribution >= 0.6 is 0 Å². The van der Waals surface area contributed by atoms with Crippen LogP contribution in [0.15, 0.2) is 23.4 Å². The zero-order valence-corrected chi connectivity index (χ0v) is 19.3. The first-order valence-electron chi connectivity index (χ1n) is 11.4. The first-order chi connectivity index (χ1) is 15.9. The number of hydrogen-bond acceptors (Lipinski definition) is 7. The number of halogens is 1. The van der Waals surface area contributed by atoms with Gasteiger partial charge in [0, 0.05) is 30.3 Å². The predicted molar refractivity (Wildman–Crippen MR) is 115 cm³/mol. The van der Waals surface area contributed by atoms with Crippen molar-refractivity contribution < 1.29 is 43.7 Å². The molecule has 184 valence electrons. The molecule has 1 amide bonds. The van der Waals surface area contributed by atoms with Crippen LogP contribution in [-0.2, 0) is 9.59 Å². The van der Waals surface area contributed by atoms with Gasteiger partial charge in [-0.2, -0.15) is 0 Å². The molecule has 3 aliphatic heterocycles. The van der Waals surface area contributed by atoms with Crippen LogP contribution in [0.5, 0.6) is 11.5 Å². The Hall–Kier alpha value is -2.98. The molecule has 0 bridgehead atoms. The van der Waals surface area contributed by atoms with E-state index in [-0.39, 0.29) is 29.5 Å². The van der Waals surface area contributed by atoms with Crippen molar-refractivity contribution in [2.24, 2.45) is 17.8 Å². The number of amides is 1. The van der Waals surface area contributed by atoms with E-state index in [1.165, 1.54) is 11.8 Å². The molecular weight excluding hydrogens is 447 g/mol. The van der Waals surface area contributed by atoms with E-state index in [1.807, 2.05) is 14.0 Å². The topological polar surface area (TPSA) is 138 Å². The number of hydrogen-bond donors (Lipinski definition) is 3. The van der Waals surface area contributed by atoms with E-state index in [0.717, 1.165) is 12.1 Å². The average molecular weight is 477 g/mol. The molecule has 34 heavy (non-hydrogen) atoms. The number of aromatic hydroxyl groups is 2. The molecule has 6 atom stereocenters. The number of carboxylic acids is 1. The lowest BCUT2D eigenvalue weighted by atomic mass is 9.77. The molecule has 4 rings (SSSR count). The molecule has 3 N–H and O–H groups in total. The summed E-state index contributed by atoms with van der Waals surface area (Å²) in [6.07, 6.45) is -0.169. The van der Waals surface area contributed by atoms with Crippen molar-refractivity contribution in [3.8, 4) is 11.5 Å². The van der Waals surface area contributed by atoms with Gasteiger partial charge in [-0.1, -0.05) is 6.92 Å². The number of quaternary nitrogens is 1. The molecule has 3 aliphatic rings. The number of β-lactam (4-membered cyclic amide) rings is 1. The Labute approximate surface area is 196 Å². The third kappa shape index (κ3) is 3.74. The summed E-state index contributed by atoms with van der Waals surface area (Å²) in [5, 5.41) is 40.9. The lowest BCUT2D eigenvalue weighted by Gasteiger charge is -2.47. The minimum atomic E-state index is -1.41. The molecule has 1 aromatic rings. The highest BCUT2D eigenvalue weighted by atomic mass is 19.1. The maximum Gasteiger partial charge on any atom is 0.235 e. The molecule has 1 unspecified atom stereocenters. The highest BCUT2D eigenvalue weighted by Crippen LogP contribution is 2.48. The molecule has 3 heterocycles. The summed E-state index contributed by atoms with van der Waals surface area (Å²) >= 11 is 0. The molecular formula is C24H29FN2O7. The number of nitrogens with zero attached hydrogens (tertiary/aromatic N) is 2. The van der Waals surface area contributed by atoms with Gasteiger partial charge in [0.05, 0.1) is 55.4 Å². The summed E-state index contributed by atoms with van der Waals surface area (Å²) in [6, 6.07) is 1.81. The summed E-state index contributed by atoms with van der Waals surface area (Å²) in [5.74, 6) is -6.03. The Morgan fingerprint density at radius 1 is 1.32 bits per heavy atom. The number of carboxylic acid groups (broad SMARTS) is 1. The van der Waals surface area contributed by atoms with Crippen molar-refractivity contribution in [3.05, 3.63) is 34.8 Å². The van der Waals surface area contributed by atoms with Gasteiger partial charge in [-0.3, -0.25) is 9.59 Å². The molecule has 1 aromatic carbocycles. The van der Waals surface area contributed by atoms with Crippen LogP contribution < -0.4 is 5.11 Å². The number of phenolic OH excluding ortho intramolecular Hbond substituents is 2. The summed E-state index contributed by atoms with van der Waals surface area (Å²) in [5.41, 5.74) is 0.209. The van der Waals surface area contributed by atoms with Crippen LogP contribution in [0.1, 0.15) is 37.0 Å². The molecule has 9 nitrogen and oxygen atoms in total. The van der Waals surface area contributed by atoms with Gasteiger partial charge in [0.15, 0.2) is 23.1 Å². The fourth-order valence-electron chi connectivity index (χ4n) is 6.01. The number of likely N-dealkylation sites (N-methyl/N-ethyl adjacent to an activating group) is 1. The van der Waals surface area contributed by atoms with Gasteiger partial charge in [-0.15, -0.1) is 0 Å². The fourth-order valence-corrected chi connectivity index (χ4v) is 6.01. The Morgan fingerprint density at radius 2 is 2.00 bits per heavy atom. The second-order valence-electron chi connectivity index (χ2n) is 10.2. The number of carbonyl (C=O) groups is 3. The highest BCUT2D eigenvalue weighted by molar-refractivity contribution is 5.99. The van der Waals surface area contributed by atoms with Crippen LogP contribution in [-0.4, -0.2) is 81.2 Å². The molecule has 10 heteroatoms. The summed E-state index contributed by atoms with van der Waals surface area (Å²) in [7, 11) is 1.95. The van der Waals surface area contributed by atoms with Crippen LogP contribution in [0.3, 0.4) is 0 Å². The molecule has 0 aromatic heterocycles. The van der Waals surface area contributed by atoms with Crippen molar-refractivity contribution in [2.45, 2.75) is 38.8 Å². The molecule has 0 spiro atoms. The Bertz CT molecular complexity index is 1100. The maximum absolute atomic E-state index is 14.2. The van der Waals surface area contributed by atoms with E-state index in [0.29, 0.717) is 36.1 Å². The van der Waals surface area contributed by atoms with Gasteiger partial charge >= 0.3 is 0 Å². The van der Waals surface area contributed by atoms with E-state index in [2.05, 4.69) is 0 Å². The predicted octanol–water partition coefficient (Wildman–Crippen LogP) is 0.138. The smallest absolute Gasteiger partial charge is 0.235 e. The Morgan fingerprint density at radius 3 is 2.62 bits per heavy atom. The van der Waals surface area contributed by atoms with E-state index in [1.54, 1.807) is 0 Å². The van der Waals surface area contributed by atoms with Gasteiger partial charge < -0.3 is 34.6 Å². The third-order valence-electron chi connectivity index (χ3n) is 7.71. The van der Waals surface area contributed by atoms with Crippen molar-refractivity contribution in [3.63, 3.8) is 0 Å². The van der Waals surface area contributed by atoms with E-state index in [4.69, 9.17) is 0 Å². The Balaban J connectivity index is 1.49. The minimum Gasteiger partial charge on any atom is -0.543 e. The Kier molecular flexibility index (Phi) is 5.93. The summed E-state index contributed by atoms with van der Waals surface area (Å²) in [6.45, 7) is 4.95. The highest BCUT2D eigenvalue weighted by Gasteiger charge is 2.59. The summed E-state index contributed by atoms with van der Waals surface area (Å²) in [4.78, 5) is 38.4. The molecule has 2 fully saturated rings. The number of phenols is 2. The standard InChI is InChI=1S/C24H29FN2O7/c1-11-15(21(24(33)34)26-20(11)18(12(2)28)23(26)32)10-27(3)7-6-13(9-27)8-17(30)14-4-5-16(29)22(31)19(14)25/h4-5,11-13,18,20,28H,6-10H2,1-3H3,(H2-,29,30,31,33,34)/t11-,12+,13-,18+,20+,27?/m0/s1. The maximum atomic E-state index is 14.2. The number of ketones is 1. The number of likely N-dealkylation sites (tertiary alicyclic amines) is 1. The molecule has 2 saturated heterocycles. The fraction of sp³-hybridized carbons (Fsp3) is 0.542. The normalized spacial score (nSPS) is 31.4. The zero-order chi connectivity index (χ0) is 25.1. The zero-order valence-electron chi connectivity index (χ0n) is 19.3. The molecule has 0 radical (unpaired) electrons. The number of fused-ring (bicyclic) bond motifs is 1. The van der Waals surface area contributed by atoms with Gasteiger partial charge in [-0.05, 0) is 19.1 Å². The number of aliphatic hydroxyl groups excluding tert-OH is 1. The van der Waals surface area contributed by atoms with E-state index >= 15 is 0 Å². The summed E-state index contributed by atoms with van der Waals surface area (Å²) < 4.78 is 14.7. The number of rotatable bonds is 7. The first kappa shape index (κ1) is 24.2. The first-order valence-corrected chi connectivity index (χ1v) is 11.4. The largest absolute Gasteiger partial charge is 0.543 e. The number of benzene rings is 1. The number of aliphatic hydroxyl groups is 1. The van der Waals surface area contributed by atoms with Crippen molar-refractivity contribution >= 4 is 17.7 Å². The number of Topliss-reactive ketones (excluding diaryl/α,β-unsaturated/α-hetero) is 1. The van der Waals surface area contributed by atoms with Crippen LogP contribution in [0, 0.1) is 23.6 Å². The van der Waals surface area contributed by atoms with Gasteiger partial charge in [0.2, 0.25) is 5.91 Å². The van der Waals surface area contributed by atoms with Crippen molar-refractivity contribution in [1.29, 1.82) is 0 Å². The number of aliphatic carboxylic acids is 1. The SMILES string of the molecule is C[C@@H](O)[C@H]1C(=O)N2C(C(=O)[O-])=C(C[N+]3(C)CC[C@@H](CC(=O)c4ccc(O)c(O)c4F)C3)[C@H](C)[C@H]12. The van der Waals surface area contributed by atoms with Crippen LogP contribution in [0.4, 0.5) is 4.39 Å². The second kappa shape index (κ2) is 8.35. The van der Waals surface area contributed by atoms with E-state index in [9.17, 15) is 39.2 Å². The quantitative estimate of drug-likeness (QED) is 0.220. The monoisotopic (exact) mass is 476 g/mol. The van der Waals surface area contributed by atoms with Gasteiger partial charge in [0.1, 0.15) is 6.54 Å². The number of carbonyl (C=O) groups excluding carboxylic acids is 3.